The number of amides is 1. The lowest BCUT2D eigenvalue weighted by Crippen LogP contribution is -2.15. The number of hydrogen-bond donors (Lipinski definition) is 2. The minimum absolute atomic E-state index is 0.0601. The summed E-state index contributed by atoms with van der Waals surface area (Å²) in [5.41, 5.74) is 1.08. The van der Waals surface area contributed by atoms with Crippen molar-refractivity contribution in [2.45, 2.75) is 20.0 Å². The van der Waals surface area contributed by atoms with Crippen molar-refractivity contribution in [1.82, 2.24) is 0 Å². The van der Waals surface area contributed by atoms with E-state index >= 15 is 0 Å². The molecule has 5 nitrogen and oxygen atoms in total. The van der Waals surface area contributed by atoms with Gasteiger partial charge < -0.3 is 15.2 Å². The van der Waals surface area contributed by atoms with Crippen LogP contribution in [0.15, 0.2) is 24.3 Å². The third-order valence-electron chi connectivity index (χ3n) is 2.22. The van der Waals surface area contributed by atoms with Gasteiger partial charge in [0.05, 0.1) is 24.0 Å². The van der Waals surface area contributed by atoms with E-state index in [2.05, 4.69) is 5.32 Å². The predicted octanol–water partition coefficient (Wildman–Crippen LogP) is 1.92. The van der Waals surface area contributed by atoms with E-state index in [9.17, 15) is 9.59 Å². The van der Waals surface area contributed by atoms with Crippen LogP contribution in [0.2, 0.25) is 0 Å². The van der Waals surface area contributed by atoms with Gasteiger partial charge in [-0.15, -0.1) is 11.8 Å². The fourth-order valence-corrected chi connectivity index (χ4v) is 1.93. The van der Waals surface area contributed by atoms with Crippen molar-refractivity contribution in [2.24, 2.45) is 0 Å². The number of ether oxygens (including phenoxy) is 1. The van der Waals surface area contributed by atoms with Crippen LogP contribution in [0.5, 0.6) is 0 Å². The second-order valence-corrected chi connectivity index (χ2v) is 5.46. The largest absolute Gasteiger partial charge is 0.459 e. The Bertz CT molecular complexity index is 445. The molecule has 0 spiro atoms. The van der Waals surface area contributed by atoms with Gasteiger partial charge >= 0.3 is 5.97 Å². The smallest absolute Gasteiger partial charge is 0.338 e. The van der Waals surface area contributed by atoms with Gasteiger partial charge in [-0.2, -0.15) is 0 Å². The third kappa shape index (κ3) is 6.08. The molecule has 0 aliphatic rings. The average Bonchev–Trinajstić information content (AvgIpc) is 2.39. The first-order chi connectivity index (χ1) is 9.52. The first kappa shape index (κ1) is 16.5. The van der Waals surface area contributed by atoms with Crippen LogP contribution in [-0.2, 0) is 9.53 Å². The zero-order chi connectivity index (χ0) is 15.0. The molecule has 0 aromatic heterocycles. The molecular weight excluding hydrogens is 278 g/mol. The average molecular weight is 297 g/mol. The number of carbonyl (C=O) groups excluding carboxylic acids is 2. The summed E-state index contributed by atoms with van der Waals surface area (Å²) in [4.78, 5) is 23.2. The summed E-state index contributed by atoms with van der Waals surface area (Å²) in [5.74, 6) is 0.308. The molecule has 0 atom stereocenters. The Balaban J connectivity index is 2.50. The number of hydrogen-bond acceptors (Lipinski definition) is 5. The molecule has 0 unspecified atom stereocenters. The van der Waals surface area contributed by atoms with Crippen molar-refractivity contribution in [3.63, 3.8) is 0 Å². The van der Waals surface area contributed by atoms with Crippen LogP contribution in [0, 0.1) is 0 Å². The molecule has 6 heteroatoms. The molecule has 20 heavy (non-hydrogen) atoms. The fraction of sp³-hybridized carbons (Fsp3) is 0.429. The summed E-state index contributed by atoms with van der Waals surface area (Å²) >= 11 is 1.36. The van der Waals surface area contributed by atoms with E-state index in [1.54, 1.807) is 38.1 Å². The van der Waals surface area contributed by atoms with Crippen LogP contribution < -0.4 is 5.32 Å². The lowest BCUT2D eigenvalue weighted by Gasteiger charge is -2.09. The molecule has 0 heterocycles. The summed E-state index contributed by atoms with van der Waals surface area (Å²) in [7, 11) is 0. The number of esters is 1. The molecule has 1 aromatic carbocycles. The second-order valence-electron chi connectivity index (χ2n) is 4.36. The number of benzene rings is 1. The Hall–Kier alpha value is -1.53. The first-order valence-electron chi connectivity index (χ1n) is 6.32. The maximum atomic E-state index is 11.6. The SMILES string of the molecule is CC(C)OC(=O)c1ccc(NC(=O)CSCCO)cc1. The van der Waals surface area contributed by atoms with Crippen molar-refractivity contribution >= 4 is 29.3 Å². The Morgan fingerprint density at radius 1 is 1.30 bits per heavy atom. The van der Waals surface area contributed by atoms with Crippen molar-refractivity contribution in [1.29, 1.82) is 0 Å². The van der Waals surface area contributed by atoms with Gasteiger partial charge in [0, 0.05) is 11.4 Å². The molecule has 0 saturated heterocycles. The number of nitrogens with one attached hydrogen (secondary N) is 1. The molecule has 0 aliphatic heterocycles. The summed E-state index contributed by atoms with van der Waals surface area (Å²) in [5, 5.41) is 11.3. The highest BCUT2D eigenvalue weighted by Gasteiger charge is 2.09. The van der Waals surface area contributed by atoms with Gasteiger partial charge in [-0.05, 0) is 38.1 Å². The van der Waals surface area contributed by atoms with Crippen LogP contribution in [0.4, 0.5) is 5.69 Å². The minimum Gasteiger partial charge on any atom is -0.459 e. The summed E-state index contributed by atoms with van der Waals surface area (Å²) in [6, 6.07) is 6.54. The van der Waals surface area contributed by atoms with Gasteiger partial charge in [-0.1, -0.05) is 0 Å². The lowest BCUT2D eigenvalue weighted by molar-refractivity contribution is -0.113. The van der Waals surface area contributed by atoms with Crippen molar-refractivity contribution in [2.75, 3.05) is 23.4 Å². The van der Waals surface area contributed by atoms with E-state index < -0.39 is 0 Å². The maximum absolute atomic E-state index is 11.6. The maximum Gasteiger partial charge on any atom is 0.338 e. The van der Waals surface area contributed by atoms with Gasteiger partial charge in [0.2, 0.25) is 5.91 Å². The van der Waals surface area contributed by atoms with Crippen LogP contribution >= 0.6 is 11.8 Å². The van der Waals surface area contributed by atoms with Crippen LogP contribution in [0.3, 0.4) is 0 Å². The second kappa shape index (κ2) is 8.60. The highest BCUT2D eigenvalue weighted by molar-refractivity contribution is 7.99. The van der Waals surface area contributed by atoms with Gasteiger partial charge in [0.15, 0.2) is 0 Å². The molecule has 0 fully saturated rings. The van der Waals surface area contributed by atoms with E-state index in [1.165, 1.54) is 11.8 Å². The van der Waals surface area contributed by atoms with E-state index in [1.807, 2.05) is 0 Å². The van der Waals surface area contributed by atoms with Gasteiger partial charge in [-0.25, -0.2) is 4.79 Å². The van der Waals surface area contributed by atoms with Gasteiger partial charge in [0.1, 0.15) is 0 Å². The molecule has 0 bridgehead atoms. The Morgan fingerprint density at radius 3 is 2.50 bits per heavy atom. The summed E-state index contributed by atoms with van der Waals surface area (Å²) < 4.78 is 5.07. The molecule has 1 amide bonds. The van der Waals surface area contributed by atoms with Crippen molar-refractivity contribution < 1.29 is 19.4 Å². The predicted molar refractivity (Wildman–Crippen MR) is 80.0 cm³/mol. The molecule has 0 aliphatic carbocycles. The van der Waals surface area contributed by atoms with Gasteiger partial charge in [0.25, 0.3) is 0 Å². The number of rotatable bonds is 7. The molecular formula is C14H19NO4S. The summed E-state index contributed by atoms with van der Waals surface area (Å²) in [6.07, 6.45) is -0.162. The molecule has 1 rings (SSSR count). The van der Waals surface area contributed by atoms with Crippen molar-refractivity contribution in [3.05, 3.63) is 29.8 Å². The Labute approximate surface area is 122 Å². The molecule has 110 valence electrons. The van der Waals surface area contributed by atoms with Crippen LogP contribution in [0.1, 0.15) is 24.2 Å². The van der Waals surface area contributed by atoms with Crippen LogP contribution in [0.25, 0.3) is 0 Å². The topological polar surface area (TPSA) is 75.6 Å². The number of aliphatic hydroxyl groups excluding tert-OH is 1. The molecule has 2 N–H and O–H groups in total. The van der Waals surface area contributed by atoms with E-state index in [0.717, 1.165) is 0 Å². The first-order valence-corrected chi connectivity index (χ1v) is 7.48. The normalized spacial score (nSPS) is 10.4. The third-order valence-corrected chi connectivity index (χ3v) is 3.15. The molecule has 0 radical (unpaired) electrons. The highest BCUT2D eigenvalue weighted by atomic mass is 32.2. The zero-order valence-electron chi connectivity index (χ0n) is 11.6. The van der Waals surface area contributed by atoms with E-state index in [-0.39, 0.29) is 30.3 Å². The zero-order valence-corrected chi connectivity index (χ0v) is 12.4. The quantitative estimate of drug-likeness (QED) is 0.594. The minimum atomic E-state index is -0.378. The standard InChI is InChI=1S/C14H19NO4S/c1-10(2)19-14(18)11-3-5-12(6-4-11)15-13(17)9-20-8-7-16/h3-6,10,16H,7-9H2,1-2H3,(H,15,17). The number of anilines is 1. The Kier molecular flexibility index (Phi) is 7.11. The Morgan fingerprint density at radius 2 is 1.95 bits per heavy atom. The van der Waals surface area contributed by atoms with Crippen LogP contribution in [-0.4, -0.2) is 41.2 Å². The monoisotopic (exact) mass is 297 g/mol. The fourth-order valence-electron chi connectivity index (χ4n) is 1.40. The lowest BCUT2D eigenvalue weighted by atomic mass is 10.2. The molecule has 0 saturated carbocycles. The summed E-state index contributed by atoms with van der Waals surface area (Å²) in [6.45, 7) is 3.64. The molecule has 1 aromatic rings. The number of aliphatic hydroxyl groups is 1. The van der Waals surface area contributed by atoms with Gasteiger partial charge in [-0.3, -0.25) is 4.79 Å². The van der Waals surface area contributed by atoms with Crippen molar-refractivity contribution in [3.8, 4) is 0 Å². The van der Waals surface area contributed by atoms with E-state index in [0.29, 0.717) is 17.0 Å². The van der Waals surface area contributed by atoms with E-state index in [4.69, 9.17) is 9.84 Å². The number of carbonyl (C=O) groups is 2. The number of thioether (sulfide) groups is 1. The highest BCUT2D eigenvalue weighted by Crippen LogP contribution is 2.12.